The number of carbonyl (C=O) groups excluding carboxylic acids is 1. The Morgan fingerprint density at radius 3 is 3.05 bits per heavy atom. The molecule has 1 aromatic rings. The Kier molecular flexibility index (Phi) is 5.57. The lowest BCUT2D eigenvalue weighted by atomic mass is 10.2. The first-order chi connectivity index (χ1) is 9.10. The molecule has 0 saturated carbocycles. The molecule has 0 aromatic carbocycles. The lowest BCUT2D eigenvalue weighted by Crippen LogP contribution is -2.37. The minimum Gasteiger partial charge on any atom is -0.395 e. The molecule has 0 atom stereocenters. The van der Waals surface area contributed by atoms with E-state index < -0.39 is 0 Å². The third-order valence-corrected chi connectivity index (χ3v) is 2.46. The van der Waals surface area contributed by atoms with Crippen molar-refractivity contribution in [1.29, 1.82) is 5.26 Å². The number of nitrogen functional groups attached to an aromatic ring is 1. The number of carbonyl (C=O) groups is 1. The van der Waals surface area contributed by atoms with Crippen LogP contribution in [0.15, 0.2) is 12.3 Å². The minimum atomic E-state index is -0.164. The summed E-state index contributed by atoms with van der Waals surface area (Å²) < 4.78 is 4.83. The highest BCUT2D eigenvalue weighted by atomic mass is 16.5. The summed E-state index contributed by atoms with van der Waals surface area (Å²) in [5.74, 6) is 0.254. The molecule has 1 rings (SSSR count). The summed E-state index contributed by atoms with van der Waals surface area (Å²) in [6.45, 7) is 1.01. The monoisotopic (exact) mass is 263 g/mol. The predicted octanol–water partition coefficient (Wildman–Crippen LogP) is -0.266. The second-order valence-corrected chi connectivity index (χ2v) is 3.91. The molecule has 1 heterocycles. The molecule has 7 heteroatoms. The van der Waals surface area contributed by atoms with Crippen LogP contribution in [0, 0.1) is 11.3 Å². The average Bonchev–Trinajstić information content (AvgIpc) is 2.39. The summed E-state index contributed by atoms with van der Waals surface area (Å²) in [6.07, 6.45) is 1.49. The first-order valence-electron chi connectivity index (χ1n) is 5.71. The zero-order chi connectivity index (χ0) is 14.3. The van der Waals surface area contributed by atoms with Gasteiger partial charge >= 0.3 is 0 Å². The molecule has 0 fully saturated rings. The van der Waals surface area contributed by atoms with Gasteiger partial charge in [-0.3, -0.25) is 4.79 Å². The van der Waals surface area contributed by atoms with Gasteiger partial charge in [-0.1, -0.05) is 0 Å². The normalized spacial score (nSPS) is 9.74. The first kappa shape index (κ1) is 14.7. The second kappa shape index (κ2) is 7.18. The molecule has 1 amide bonds. The maximum absolute atomic E-state index is 11.6. The molecule has 1 aromatic heterocycles. The summed E-state index contributed by atoms with van der Waals surface area (Å²) in [5.41, 5.74) is 6.43. The van der Waals surface area contributed by atoms with Gasteiger partial charge in [0.1, 0.15) is 6.07 Å². The molecule has 0 aliphatic carbocycles. The van der Waals surface area contributed by atoms with Crippen LogP contribution in [0.1, 0.15) is 5.56 Å². The number of aromatic nitrogens is 1. The molecule has 19 heavy (non-hydrogen) atoms. The molecular formula is C12H17N5O2. The van der Waals surface area contributed by atoms with Crippen LogP contribution in [-0.2, 0) is 9.53 Å². The van der Waals surface area contributed by atoms with Gasteiger partial charge in [-0.25, -0.2) is 4.98 Å². The summed E-state index contributed by atoms with van der Waals surface area (Å²) in [7, 11) is 3.26. The van der Waals surface area contributed by atoms with Gasteiger partial charge in [-0.05, 0) is 6.07 Å². The predicted molar refractivity (Wildman–Crippen MR) is 71.5 cm³/mol. The van der Waals surface area contributed by atoms with E-state index in [-0.39, 0.29) is 18.1 Å². The molecular weight excluding hydrogens is 246 g/mol. The highest BCUT2D eigenvalue weighted by molar-refractivity contribution is 5.82. The third-order valence-electron chi connectivity index (χ3n) is 2.46. The summed E-state index contributed by atoms with van der Waals surface area (Å²) in [6, 6.07) is 3.51. The molecule has 0 saturated heterocycles. The van der Waals surface area contributed by atoms with Crippen LogP contribution in [0.2, 0.25) is 0 Å². The average molecular weight is 263 g/mol. The van der Waals surface area contributed by atoms with Gasteiger partial charge in [0, 0.05) is 26.9 Å². The van der Waals surface area contributed by atoms with Crippen LogP contribution in [-0.4, -0.2) is 44.7 Å². The van der Waals surface area contributed by atoms with Crippen molar-refractivity contribution in [1.82, 2.24) is 10.3 Å². The van der Waals surface area contributed by atoms with E-state index in [0.29, 0.717) is 24.5 Å². The largest absolute Gasteiger partial charge is 0.395 e. The fourth-order valence-electron chi connectivity index (χ4n) is 1.50. The number of nitrogens with two attached hydrogens (primary N) is 1. The topological polar surface area (TPSA) is 104 Å². The number of nitriles is 1. The molecule has 7 nitrogen and oxygen atoms in total. The van der Waals surface area contributed by atoms with Crippen molar-refractivity contribution in [3.63, 3.8) is 0 Å². The zero-order valence-corrected chi connectivity index (χ0v) is 11.0. The van der Waals surface area contributed by atoms with E-state index in [1.165, 1.54) is 12.3 Å². The number of nitrogens with zero attached hydrogens (tertiary/aromatic N) is 3. The van der Waals surface area contributed by atoms with E-state index in [1.54, 1.807) is 19.1 Å². The molecule has 0 unspecified atom stereocenters. The number of anilines is 2. The lowest BCUT2D eigenvalue weighted by molar-refractivity contribution is -0.119. The highest BCUT2D eigenvalue weighted by Crippen LogP contribution is 2.21. The van der Waals surface area contributed by atoms with Crippen molar-refractivity contribution < 1.29 is 9.53 Å². The number of amides is 1. The van der Waals surface area contributed by atoms with Crippen LogP contribution in [0.3, 0.4) is 0 Å². The Morgan fingerprint density at radius 1 is 1.68 bits per heavy atom. The maximum Gasteiger partial charge on any atom is 0.239 e. The molecule has 0 aliphatic heterocycles. The molecule has 0 radical (unpaired) electrons. The lowest BCUT2D eigenvalue weighted by Gasteiger charge is -2.19. The Hall–Kier alpha value is -2.33. The number of rotatable bonds is 6. The third kappa shape index (κ3) is 4.12. The van der Waals surface area contributed by atoms with Crippen molar-refractivity contribution in [2.24, 2.45) is 0 Å². The Bertz CT molecular complexity index is 483. The molecule has 3 N–H and O–H groups in total. The summed E-state index contributed by atoms with van der Waals surface area (Å²) in [4.78, 5) is 17.3. The van der Waals surface area contributed by atoms with E-state index in [4.69, 9.17) is 15.7 Å². The van der Waals surface area contributed by atoms with Gasteiger partial charge in [-0.2, -0.15) is 5.26 Å². The summed E-state index contributed by atoms with van der Waals surface area (Å²) >= 11 is 0. The second-order valence-electron chi connectivity index (χ2n) is 3.91. The van der Waals surface area contributed by atoms with Crippen molar-refractivity contribution in [3.05, 3.63) is 17.8 Å². The summed E-state index contributed by atoms with van der Waals surface area (Å²) in [5, 5.41) is 11.6. The fourth-order valence-corrected chi connectivity index (χ4v) is 1.50. The van der Waals surface area contributed by atoms with Crippen molar-refractivity contribution in [3.8, 4) is 6.07 Å². The Morgan fingerprint density at radius 2 is 2.42 bits per heavy atom. The van der Waals surface area contributed by atoms with E-state index in [1.807, 2.05) is 6.07 Å². The standard InChI is InChI=1S/C12H17N5O2/c1-17(8-10(18)15-5-6-19-2)12-11(14)9(7-13)3-4-16-12/h3-4H,5-6,8,14H2,1-2H3,(H,15,18). The number of nitrogens with one attached hydrogen (secondary N) is 1. The maximum atomic E-state index is 11.6. The van der Waals surface area contributed by atoms with Crippen LogP contribution in [0.25, 0.3) is 0 Å². The number of likely N-dealkylation sites (N-methyl/N-ethyl adjacent to an activating group) is 1. The highest BCUT2D eigenvalue weighted by Gasteiger charge is 2.13. The van der Waals surface area contributed by atoms with Crippen molar-refractivity contribution in [2.75, 3.05) is 44.5 Å². The van der Waals surface area contributed by atoms with Gasteiger partial charge in [0.15, 0.2) is 5.82 Å². The van der Waals surface area contributed by atoms with Crippen LogP contribution in [0.4, 0.5) is 11.5 Å². The van der Waals surface area contributed by atoms with Gasteiger partial charge in [-0.15, -0.1) is 0 Å². The van der Waals surface area contributed by atoms with Crippen molar-refractivity contribution >= 4 is 17.4 Å². The van der Waals surface area contributed by atoms with Crippen LogP contribution in [0.5, 0.6) is 0 Å². The van der Waals surface area contributed by atoms with E-state index >= 15 is 0 Å². The van der Waals surface area contributed by atoms with E-state index in [2.05, 4.69) is 10.3 Å². The Balaban J connectivity index is 2.66. The number of hydrogen-bond donors (Lipinski definition) is 2. The van der Waals surface area contributed by atoms with Crippen LogP contribution < -0.4 is 16.0 Å². The van der Waals surface area contributed by atoms with Crippen molar-refractivity contribution in [2.45, 2.75) is 0 Å². The van der Waals surface area contributed by atoms with Gasteiger partial charge in [0.25, 0.3) is 0 Å². The fraction of sp³-hybridized carbons (Fsp3) is 0.417. The first-order valence-corrected chi connectivity index (χ1v) is 5.71. The number of ether oxygens (including phenoxy) is 1. The van der Waals surface area contributed by atoms with Gasteiger partial charge in [0.2, 0.25) is 5.91 Å². The molecule has 0 bridgehead atoms. The van der Waals surface area contributed by atoms with E-state index in [9.17, 15) is 4.79 Å². The molecule has 0 aliphatic rings. The SMILES string of the molecule is COCCNC(=O)CN(C)c1nccc(C#N)c1N. The number of hydrogen-bond acceptors (Lipinski definition) is 6. The number of pyridine rings is 1. The molecule has 0 spiro atoms. The number of methoxy groups -OCH3 is 1. The Labute approximate surface area is 112 Å². The van der Waals surface area contributed by atoms with Gasteiger partial charge in [0.05, 0.1) is 24.4 Å². The van der Waals surface area contributed by atoms with Crippen LogP contribution >= 0.6 is 0 Å². The smallest absolute Gasteiger partial charge is 0.239 e. The quantitative estimate of drug-likeness (QED) is 0.685. The van der Waals surface area contributed by atoms with E-state index in [0.717, 1.165) is 0 Å². The zero-order valence-electron chi connectivity index (χ0n) is 11.0. The van der Waals surface area contributed by atoms with Gasteiger partial charge < -0.3 is 20.7 Å². The molecule has 102 valence electrons. The minimum absolute atomic E-state index is 0.107.